The van der Waals surface area contributed by atoms with Crippen LogP contribution >= 0.6 is 0 Å². The Morgan fingerprint density at radius 2 is 1.27 bits per heavy atom. The van der Waals surface area contributed by atoms with Crippen LogP contribution in [0.15, 0.2) is 0 Å². The van der Waals surface area contributed by atoms with E-state index in [0.717, 1.165) is 36.8 Å². The molecule has 0 aliphatic heterocycles. The van der Waals surface area contributed by atoms with Gasteiger partial charge in [-0.05, 0) is 56.0 Å². The molecule has 0 aromatic carbocycles. The molecule has 2 saturated carbocycles. The van der Waals surface area contributed by atoms with E-state index in [4.69, 9.17) is 11.5 Å². The zero-order valence-electron chi connectivity index (χ0n) is 7.00. The molecule has 2 fully saturated rings. The molecule has 64 valence electrons. The highest BCUT2D eigenvalue weighted by atomic mass is 14.6. The molecule has 4 atom stereocenters. The lowest BCUT2D eigenvalue weighted by atomic mass is 9.82. The molecule has 0 heterocycles. The Balaban J connectivity index is 1.97. The molecule has 2 rings (SSSR count). The van der Waals surface area contributed by atoms with Gasteiger partial charge < -0.3 is 11.5 Å². The van der Waals surface area contributed by atoms with Gasteiger partial charge in [-0.2, -0.15) is 0 Å². The average molecular weight is 154 g/mol. The summed E-state index contributed by atoms with van der Waals surface area (Å²) in [5.41, 5.74) is 11.4. The number of hydrogen-bond acceptors (Lipinski definition) is 2. The van der Waals surface area contributed by atoms with Crippen molar-refractivity contribution >= 4 is 0 Å². The second-order valence-corrected chi connectivity index (χ2v) is 4.22. The van der Waals surface area contributed by atoms with Gasteiger partial charge in [-0.25, -0.2) is 0 Å². The molecule has 11 heavy (non-hydrogen) atoms. The fourth-order valence-electron chi connectivity index (χ4n) is 3.09. The number of rotatable bonds is 2. The Morgan fingerprint density at radius 1 is 0.818 bits per heavy atom. The zero-order valence-corrected chi connectivity index (χ0v) is 7.00. The number of fused-ring (bicyclic) bond motifs is 2. The highest BCUT2D eigenvalue weighted by molar-refractivity contribution is 4.95. The lowest BCUT2D eigenvalue weighted by Crippen LogP contribution is -2.27. The summed E-state index contributed by atoms with van der Waals surface area (Å²) < 4.78 is 0. The molecule has 2 bridgehead atoms. The topological polar surface area (TPSA) is 52.0 Å². The summed E-state index contributed by atoms with van der Waals surface area (Å²) in [5.74, 6) is 3.53. The van der Waals surface area contributed by atoms with E-state index in [1.54, 1.807) is 0 Å². The van der Waals surface area contributed by atoms with Crippen LogP contribution in [0.4, 0.5) is 0 Å². The minimum Gasteiger partial charge on any atom is -0.330 e. The summed E-state index contributed by atoms with van der Waals surface area (Å²) in [4.78, 5) is 0. The van der Waals surface area contributed by atoms with Gasteiger partial charge in [0.2, 0.25) is 0 Å². The monoisotopic (exact) mass is 154 g/mol. The molecule has 2 aliphatic rings. The lowest BCUT2D eigenvalue weighted by molar-refractivity contribution is 0.267. The summed E-state index contributed by atoms with van der Waals surface area (Å²) in [5, 5.41) is 0. The first-order valence-electron chi connectivity index (χ1n) is 4.75. The number of nitrogens with two attached hydrogens (primary N) is 2. The van der Waals surface area contributed by atoms with Crippen LogP contribution in [0.1, 0.15) is 19.3 Å². The van der Waals surface area contributed by atoms with Crippen molar-refractivity contribution in [3.63, 3.8) is 0 Å². The van der Waals surface area contributed by atoms with Gasteiger partial charge in [-0.3, -0.25) is 0 Å². The van der Waals surface area contributed by atoms with Gasteiger partial charge >= 0.3 is 0 Å². The standard InChI is InChI=1S/C9H18N2/c10-4-8-2-6-1-7(8)3-9(6)5-11/h6-9H,1-5,10-11H2/t6-,7+,8-,9-/m0/s1. The van der Waals surface area contributed by atoms with Gasteiger partial charge in [-0.15, -0.1) is 0 Å². The van der Waals surface area contributed by atoms with Crippen LogP contribution < -0.4 is 11.5 Å². The van der Waals surface area contributed by atoms with Gasteiger partial charge in [-0.1, -0.05) is 0 Å². The Bertz CT molecular complexity index is 130. The maximum Gasteiger partial charge on any atom is -0.00461 e. The van der Waals surface area contributed by atoms with Crippen molar-refractivity contribution in [2.75, 3.05) is 13.1 Å². The maximum absolute atomic E-state index is 5.68. The van der Waals surface area contributed by atoms with Crippen molar-refractivity contribution in [2.24, 2.45) is 35.1 Å². The van der Waals surface area contributed by atoms with Crippen LogP contribution in [0.5, 0.6) is 0 Å². The molecule has 0 radical (unpaired) electrons. The van der Waals surface area contributed by atoms with Crippen molar-refractivity contribution < 1.29 is 0 Å². The Labute approximate surface area is 68.3 Å². The molecule has 4 N–H and O–H groups in total. The van der Waals surface area contributed by atoms with E-state index in [1.165, 1.54) is 19.3 Å². The van der Waals surface area contributed by atoms with Crippen LogP contribution in [-0.4, -0.2) is 13.1 Å². The van der Waals surface area contributed by atoms with Crippen molar-refractivity contribution in [1.82, 2.24) is 0 Å². The number of hydrogen-bond donors (Lipinski definition) is 2. The van der Waals surface area contributed by atoms with E-state index in [0.29, 0.717) is 0 Å². The van der Waals surface area contributed by atoms with Gasteiger partial charge in [0.15, 0.2) is 0 Å². The van der Waals surface area contributed by atoms with Crippen LogP contribution in [-0.2, 0) is 0 Å². The van der Waals surface area contributed by atoms with Crippen LogP contribution in [0, 0.1) is 23.7 Å². The second-order valence-electron chi connectivity index (χ2n) is 4.22. The average Bonchev–Trinajstić information content (AvgIpc) is 2.60. The van der Waals surface area contributed by atoms with Crippen molar-refractivity contribution in [1.29, 1.82) is 0 Å². The van der Waals surface area contributed by atoms with E-state index in [-0.39, 0.29) is 0 Å². The van der Waals surface area contributed by atoms with E-state index in [2.05, 4.69) is 0 Å². The summed E-state index contributed by atoms with van der Waals surface area (Å²) in [6.07, 6.45) is 4.15. The van der Waals surface area contributed by atoms with Gasteiger partial charge in [0, 0.05) is 0 Å². The summed E-state index contributed by atoms with van der Waals surface area (Å²) >= 11 is 0. The van der Waals surface area contributed by atoms with Crippen LogP contribution in [0.25, 0.3) is 0 Å². The quantitative estimate of drug-likeness (QED) is 0.611. The fraction of sp³-hybridized carbons (Fsp3) is 1.00. The van der Waals surface area contributed by atoms with E-state index in [1.807, 2.05) is 0 Å². The predicted molar refractivity (Wildman–Crippen MR) is 45.9 cm³/mol. The molecule has 2 heteroatoms. The highest BCUT2D eigenvalue weighted by Gasteiger charge is 2.44. The summed E-state index contributed by atoms with van der Waals surface area (Å²) in [7, 11) is 0. The maximum atomic E-state index is 5.68. The SMILES string of the molecule is NC[C@@H]1C[C@@H]2C[C@@H]1C[C@H]2CN. The van der Waals surface area contributed by atoms with Crippen LogP contribution in [0.2, 0.25) is 0 Å². The molecular weight excluding hydrogens is 136 g/mol. The van der Waals surface area contributed by atoms with Crippen LogP contribution in [0.3, 0.4) is 0 Å². The van der Waals surface area contributed by atoms with Crippen molar-refractivity contribution in [3.05, 3.63) is 0 Å². The van der Waals surface area contributed by atoms with Gasteiger partial charge in [0.25, 0.3) is 0 Å². The minimum absolute atomic E-state index is 0.836. The van der Waals surface area contributed by atoms with E-state index < -0.39 is 0 Å². The predicted octanol–water partition coefficient (Wildman–Crippen LogP) is 0.566. The molecule has 0 spiro atoms. The van der Waals surface area contributed by atoms with Crippen molar-refractivity contribution in [2.45, 2.75) is 19.3 Å². The molecule has 0 unspecified atom stereocenters. The van der Waals surface area contributed by atoms with Crippen molar-refractivity contribution in [3.8, 4) is 0 Å². The molecule has 2 nitrogen and oxygen atoms in total. The molecule has 0 aromatic heterocycles. The summed E-state index contributed by atoms with van der Waals surface area (Å²) in [6.45, 7) is 1.80. The van der Waals surface area contributed by atoms with Gasteiger partial charge in [0.1, 0.15) is 0 Å². The lowest BCUT2D eigenvalue weighted by Gasteiger charge is -2.25. The third kappa shape index (κ3) is 1.09. The normalized spacial score (nSPS) is 48.5. The highest BCUT2D eigenvalue weighted by Crippen LogP contribution is 2.50. The first-order valence-corrected chi connectivity index (χ1v) is 4.75. The molecule has 2 aliphatic carbocycles. The fourth-order valence-corrected chi connectivity index (χ4v) is 3.09. The molecule has 0 amide bonds. The van der Waals surface area contributed by atoms with E-state index in [9.17, 15) is 0 Å². The Kier molecular flexibility index (Phi) is 1.90. The summed E-state index contributed by atoms with van der Waals surface area (Å²) in [6, 6.07) is 0. The van der Waals surface area contributed by atoms with E-state index >= 15 is 0 Å². The first kappa shape index (κ1) is 7.56. The smallest absolute Gasteiger partial charge is 0.00461 e. The first-order chi connectivity index (χ1) is 5.35. The molecular formula is C9H18N2. The third-order valence-corrected chi connectivity index (χ3v) is 3.76. The van der Waals surface area contributed by atoms with Gasteiger partial charge in [0.05, 0.1) is 0 Å². The Morgan fingerprint density at radius 3 is 1.55 bits per heavy atom. The zero-order chi connectivity index (χ0) is 7.84. The second kappa shape index (κ2) is 2.76. The molecule has 0 saturated heterocycles. The largest absolute Gasteiger partial charge is 0.330 e. The Hall–Kier alpha value is -0.0800. The third-order valence-electron chi connectivity index (χ3n) is 3.76. The minimum atomic E-state index is 0.836. The molecule has 0 aromatic rings.